The number of rotatable bonds is 1. The van der Waals surface area contributed by atoms with Crippen LogP contribution in [0.1, 0.15) is 29.8 Å². The minimum absolute atomic E-state index is 0.0489. The molecule has 39 heavy (non-hydrogen) atoms. The molecule has 0 radical (unpaired) electrons. The molecule has 0 aliphatic carbocycles. The second-order valence-electron chi connectivity index (χ2n) is 10.1. The Hall–Kier alpha value is -4.40. The molecule has 9 heteroatoms. The third-order valence-electron chi connectivity index (χ3n) is 6.84. The molecule has 8 nitrogen and oxygen atoms in total. The predicted octanol–water partition coefficient (Wildman–Crippen LogP) is 3.55. The molecule has 3 heterocycles. The summed E-state index contributed by atoms with van der Waals surface area (Å²) >= 11 is 0. The third-order valence-corrected chi connectivity index (χ3v) is 6.84. The highest BCUT2D eigenvalue weighted by Gasteiger charge is 2.39. The van der Waals surface area contributed by atoms with Crippen molar-refractivity contribution in [1.82, 2.24) is 15.5 Å². The second kappa shape index (κ2) is 11.1. The van der Waals surface area contributed by atoms with E-state index in [0.29, 0.717) is 29.2 Å². The third kappa shape index (κ3) is 6.03. The molecule has 6 rings (SSSR count). The molecule has 3 amide bonds. The average Bonchev–Trinajstić information content (AvgIpc) is 3.32. The van der Waals surface area contributed by atoms with Crippen molar-refractivity contribution >= 4 is 17.7 Å². The Morgan fingerprint density at radius 3 is 2.51 bits per heavy atom. The summed E-state index contributed by atoms with van der Waals surface area (Å²) in [5, 5.41) is 5.74. The first-order chi connectivity index (χ1) is 18.8. The Labute approximate surface area is 226 Å². The van der Waals surface area contributed by atoms with Gasteiger partial charge < -0.3 is 25.0 Å². The molecular formula is C30H30FN3O5. The van der Waals surface area contributed by atoms with Crippen molar-refractivity contribution in [2.45, 2.75) is 32.5 Å². The fourth-order valence-corrected chi connectivity index (χ4v) is 4.73. The molecule has 6 bridgehead atoms. The van der Waals surface area contributed by atoms with Crippen LogP contribution in [0.5, 0.6) is 11.5 Å². The van der Waals surface area contributed by atoms with Gasteiger partial charge in [-0.3, -0.25) is 14.4 Å². The Morgan fingerprint density at radius 2 is 1.74 bits per heavy atom. The molecule has 3 aliphatic rings. The number of nitrogens with zero attached hydrogens (tertiary/aromatic N) is 1. The van der Waals surface area contributed by atoms with Gasteiger partial charge in [0.25, 0.3) is 11.8 Å². The first kappa shape index (κ1) is 26.2. The first-order valence-electron chi connectivity index (χ1n) is 12.9. The van der Waals surface area contributed by atoms with Gasteiger partial charge in [-0.05, 0) is 53.1 Å². The minimum atomic E-state index is -0.663. The highest BCUT2D eigenvalue weighted by atomic mass is 19.1. The van der Waals surface area contributed by atoms with Gasteiger partial charge in [0, 0.05) is 19.0 Å². The molecule has 0 aromatic heterocycles. The van der Waals surface area contributed by atoms with Crippen LogP contribution in [0.15, 0.2) is 66.7 Å². The first-order valence-corrected chi connectivity index (χ1v) is 12.9. The van der Waals surface area contributed by atoms with E-state index in [9.17, 15) is 18.8 Å². The van der Waals surface area contributed by atoms with Gasteiger partial charge in [-0.2, -0.15) is 0 Å². The molecule has 0 spiro atoms. The lowest BCUT2D eigenvalue weighted by Crippen LogP contribution is -2.45. The van der Waals surface area contributed by atoms with Crippen LogP contribution in [0, 0.1) is 11.7 Å². The second-order valence-corrected chi connectivity index (χ2v) is 10.1. The van der Waals surface area contributed by atoms with E-state index < -0.39 is 23.9 Å². The molecule has 0 saturated carbocycles. The number of halogens is 1. The predicted molar refractivity (Wildman–Crippen MR) is 143 cm³/mol. The number of benzene rings is 3. The fraction of sp³-hybridized carbons (Fsp3) is 0.300. The van der Waals surface area contributed by atoms with Crippen LogP contribution >= 0.6 is 0 Å². The maximum absolute atomic E-state index is 14.9. The van der Waals surface area contributed by atoms with Crippen LogP contribution < -0.4 is 20.1 Å². The summed E-state index contributed by atoms with van der Waals surface area (Å²) in [6.45, 7) is 4.32. The van der Waals surface area contributed by atoms with Crippen LogP contribution in [-0.2, 0) is 16.1 Å². The minimum Gasteiger partial charge on any atom is -0.486 e. The van der Waals surface area contributed by atoms with Crippen molar-refractivity contribution in [2.24, 2.45) is 5.92 Å². The molecule has 1 fully saturated rings. The summed E-state index contributed by atoms with van der Waals surface area (Å²) in [5.41, 5.74) is 2.06. The zero-order valence-electron chi connectivity index (χ0n) is 21.8. The number of amides is 3. The molecule has 202 valence electrons. The van der Waals surface area contributed by atoms with Crippen molar-refractivity contribution < 1.29 is 28.2 Å². The Kier molecular flexibility index (Phi) is 7.49. The van der Waals surface area contributed by atoms with Crippen molar-refractivity contribution in [2.75, 3.05) is 19.7 Å². The van der Waals surface area contributed by atoms with Crippen LogP contribution in [-0.4, -0.2) is 54.5 Å². The summed E-state index contributed by atoms with van der Waals surface area (Å²) in [4.78, 5) is 40.1. The van der Waals surface area contributed by atoms with E-state index in [4.69, 9.17) is 9.47 Å². The quantitative estimate of drug-likeness (QED) is 0.501. The van der Waals surface area contributed by atoms with Crippen LogP contribution in [0.2, 0.25) is 0 Å². The van der Waals surface area contributed by atoms with Crippen LogP contribution in [0.3, 0.4) is 0 Å². The largest absolute Gasteiger partial charge is 0.486 e. The molecule has 2 atom stereocenters. The molecule has 2 N–H and O–H groups in total. The fourth-order valence-electron chi connectivity index (χ4n) is 4.73. The Balaban J connectivity index is 1.49. The molecule has 3 aromatic carbocycles. The summed E-state index contributed by atoms with van der Waals surface area (Å²) in [5.74, 6) is -0.780. The molecule has 3 aromatic rings. The van der Waals surface area contributed by atoms with E-state index in [1.54, 1.807) is 41.3 Å². The van der Waals surface area contributed by atoms with Gasteiger partial charge in [-0.1, -0.05) is 44.2 Å². The number of hydrogen-bond donors (Lipinski definition) is 2. The van der Waals surface area contributed by atoms with E-state index in [2.05, 4.69) is 10.6 Å². The summed E-state index contributed by atoms with van der Waals surface area (Å²) < 4.78 is 26.7. The monoisotopic (exact) mass is 531 g/mol. The van der Waals surface area contributed by atoms with Gasteiger partial charge in [-0.15, -0.1) is 0 Å². The summed E-state index contributed by atoms with van der Waals surface area (Å²) in [7, 11) is 0. The zero-order chi connectivity index (χ0) is 27.5. The van der Waals surface area contributed by atoms with Gasteiger partial charge in [0.15, 0.2) is 6.61 Å². The normalized spacial score (nSPS) is 19.4. The van der Waals surface area contributed by atoms with Gasteiger partial charge in [-0.25, -0.2) is 4.39 Å². The standard InChI is InChI=1S/C30H30FN3O5/c1-18(2)30(37)34-15-26-27(16-34)39-22-9-6-19(7-10-22)14-32-28(35)17-38-23-5-3-4-20(12-23)21-8-11-25(31)24(13-21)29(36)33-26/h3-13,18,26-27H,14-17H2,1-2H3,(H,32,35)(H,33,36)/t26-,27-/m0/s1. The van der Waals surface area contributed by atoms with Gasteiger partial charge in [0.05, 0.1) is 18.2 Å². The molecular weight excluding hydrogens is 501 g/mol. The number of carbonyl (C=O) groups is 3. The molecule has 3 aliphatic heterocycles. The number of nitrogens with one attached hydrogen (secondary N) is 2. The maximum atomic E-state index is 14.9. The number of fused-ring (bicyclic) bond motifs is 7. The number of ether oxygens (including phenoxy) is 2. The van der Waals surface area contributed by atoms with Crippen molar-refractivity contribution in [3.63, 3.8) is 0 Å². The van der Waals surface area contributed by atoms with Gasteiger partial charge >= 0.3 is 0 Å². The molecule has 1 saturated heterocycles. The number of carbonyl (C=O) groups excluding carboxylic acids is 3. The van der Waals surface area contributed by atoms with E-state index >= 15 is 0 Å². The smallest absolute Gasteiger partial charge is 0.258 e. The lowest BCUT2D eigenvalue weighted by Gasteiger charge is -2.21. The summed E-state index contributed by atoms with van der Waals surface area (Å²) in [6.07, 6.45) is -0.534. The van der Waals surface area contributed by atoms with Crippen LogP contribution in [0.25, 0.3) is 11.1 Å². The summed E-state index contributed by atoms with van der Waals surface area (Å²) in [6, 6.07) is 18.0. The average molecular weight is 532 g/mol. The van der Waals surface area contributed by atoms with E-state index in [1.807, 2.05) is 32.0 Å². The molecule has 0 unspecified atom stereocenters. The highest BCUT2D eigenvalue weighted by molar-refractivity contribution is 5.96. The van der Waals surface area contributed by atoms with Crippen molar-refractivity contribution in [3.05, 3.63) is 83.7 Å². The topological polar surface area (TPSA) is 97.0 Å². The number of likely N-dealkylation sites (tertiary alicyclic amines) is 1. The lowest BCUT2D eigenvalue weighted by atomic mass is 10.0. The number of hydrogen-bond acceptors (Lipinski definition) is 5. The zero-order valence-corrected chi connectivity index (χ0v) is 21.8. The van der Waals surface area contributed by atoms with Gasteiger partial charge in [0.1, 0.15) is 23.4 Å². The lowest BCUT2D eigenvalue weighted by molar-refractivity contribution is -0.133. The SMILES string of the molecule is CC(C)C(=O)N1C[C@@H]2NC(=O)c3cc(ccc3F)-c3cccc(c3)OCC(=O)NCc3ccc(cc3)O[C@H]2C1. The Bertz CT molecular complexity index is 1390. The van der Waals surface area contributed by atoms with E-state index in [-0.39, 0.29) is 43.0 Å². The van der Waals surface area contributed by atoms with E-state index in [0.717, 1.165) is 5.56 Å². The van der Waals surface area contributed by atoms with Crippen molar-refractivity contribution in [3.8, 4) is 22.6 Å². The van der Waals surface area contributed by atoms with Gasteiger partial charge in [0.2, 0.25) is 5.91 Å². The highest BCUT2D eigenvalue weighted by Crippen LogP contribution is 2.27. The van der Waals surface area contributed by atoms with Crippen molar-refractivity contribution in [1.29, 1.82) is 0 Å². The Morgan fingerprint density at radius 1 is 0.974 bits per heavy atom. The van der Waals surface area contributed by atoms with Crippen LogP contribution in [0.4, 0.5) is 4.39 Å². The maximum Gasteiger partial charge on any atom is 0.258 e. The van der Waals surface area contributed by atoms with E-state index in [1.165, 1.54) is 12.1 Å².